The number of imidazole rings is 1. The van der Waals surface area contributed by atoms with E-state index in [0.29, 0.717) is 12.0 Å². The number of hydrogen-bond donors (Lipinski definition) is 32. The third-order valence-electron chi connectivity index (χ3n) is 19.8. The average Bonchev–Trinajstić information content (AvgIpc) is 1.67. The summed E-state index contributed by atoms with van der Waals surface area (Å²) < 4.78 is 0. The van der Waals surface area contributed by atoms with E-state index < -0.39 is 241 Å². The molecule has 1 aromatic carbocycles. The van der Waals surface area contributed by atoms with E-state index in [4.69, 9.17) is 67.8 Å². The smallest absolute Gasteiger partial charge is 0.326 e. The molecule has 53 heteroatoms. The van der Waals surface area contributed by atoms with Crippen LogP contribution >= 0.6 is 0 Å². The molecular formula is C76H125N31O22. The molecule has 0 spiro atoms. The fourth-order valence-electron chi connectivity index (χ4n) is 12.9. The van der Waals surface area contributed by atoms with E-state index in [0.717, 1.165) is 18.7 Å². The molecule has 3 rings (SSSR count). The van der Waals surface area contributed by atoms with Gasteiger partial charge in [-0.2, -0.15) is 0 Å². The number of aliphatic carboxylic acids is 2. The molecule has 53 nitrogen and oxygen atoms in total. The van der Waals surface area contributed by atoms with E-state index in [1.54, 1.807) is 0 Å². The van der Waals surface area contributed by atoms with Crippen molar-refractivity contribution < 1.29 is 106 Å². The second-order valence-corrected chi connectivity index (χ2v) is 30.4. The molecule has 1 aliphatic rings. The topological polar surface area (TPSA) is 915 Å². The Labute approximate surface area is 740 Å². The van der Waals surface area contributed by atoms with Gasteiger partial charge in [-0.05, 0) is 147 Å². The summed E-state index contributed by atoms with van der Waals surface area (Å²) in [6, 6.07) is -16.6. The number of likely N-dealkylation sites (tertiary alicyclic amines) is 1. The van der Waals surface area contributed by atoms with Crippen LogP contribution in [0.4, 0.5) is 0 Å². The van der Waals surface area contributed by atoms with Gasteiger partial charge < -0.3 is 162 Å². The standard InChI is InChI=1S/C76H125N31O22/c1-38(60(115)103-52(34-57(82)111)70(125)101-47(14-8-28-91-75(85)86)65(120)102-49(73(128)129)15-9-29-92-76(87)88)95-58(112)36-93-63(118)44(11-3-5-25-77)99-69(124)50(31-40-17-19-42(108)20-18-40)104-66(121)45(12-4-6-26-78)100-64(119)46(13-7-27-90-74(83)84)97-61(116)39(2)96-68(123)51(33-56(81)110)105-71(126)54-16-10-30-107(54)72(127)53(32-41-35-89-37-94-41)106-67(122)48(22-24-59(113)114)98-62(117)43(79)21-23-55(80)109/h17-20,35,37-39,43-54,108H,3-16,21-34,36,77-79H2,1-2H3,(H2,80,109)(H2,81,110)(H2,82,111)(H,89,94)(H,93,118)(H,95,112)(H,96,123)(H,97,116)(H,98,117)(H,99,124)(H,100,119)(H,101,125)(H,102,120)(H,103,115)(H,104,121)(H,105,126)(H,106,122)(H,113,114)(H,128,129)(H4,83,84,90)(H4,85,86,91)(H4,87,88,92)/t38-,39-,43-,44-,45-,46-,47-,48-,49-,50-,51-,52-,53-,54-/m0/s1. The van der Waals surface area contributed by atoms with Crippen molar-refractivity contribution >= 4 is 130 Å². The summed E-state index contributed by atoms with van der Waals surface area (Å²) in [5.74, 6) is -21.7. The van der Waals surface area contributed by atoms with Crippen LogP contribution < -0.4 is 137 Å². The Morgan fingerprint density at radius 3 is 1.33 bits per heavy atom. The fraction of sp³-hybridized carbons (Fsp3) is 0.592. The highest BCUT2D eigenvalue weighted by Crippen LogP contribution is 2.22. The molecule has 2 heterocycles. The molecule has 2 aromatic rings. The number of H-pyrrole nitrogens is 1. The first-order chi connectivity index (χ1) is 60.9. The maximum absolute atomic E-state index is 14.8. The van der Waals surface area contributed by atoms with E-state index >= 15 is 0 Å². The van der Waals surface area contributed by atoms with E-state index in [-0.39, 0.29) is 166 Å². The molecule has 129 heavy (non-hydrogen) atoms. The van der Waals surface area contributed by atoms with Gasteiger partial charge in [-0.3, -0.25) is 103 Å². The van der Waals surface area contributed by atoms with Gasteiger partial charge in [-0.15, -0.1) is 0 Å². The van der Waals surface area contributed by atoms with Crippen molar-refractivity contribution in [2.75, 3.05) is 45.8 Å². The molecule has 1 aliphatic heterocycles. The van der Waals surface area contributed by atoms with Crippen molar-refractivity contribution in [1.29, 1.82) is 16.2 Å². The van der Waals surface area contributed by atoms with Gasteiger partial charge in [0.2, 0.25) is 100 Å². The van der Waals surface area contributed by atoms with Crippen LogP contribution in [0.3, 0.4) is 0 Å². The van der Waals surface area contributed by atoms with Crippen molar-refractivity contribution in [1.82, 2.24) is 99.9 Å². The number of phenols is 1. The van der Waals surface area contributed by atoms with Gasteiger partial charge in [-0.25, -0.2) is 9.78 Å². The summed E-state index contributed by atoms with van der Waals surface area (Å²) in [6.07, 6.45) is -1.10. The first-order valence-electron chi connectivity index (χ1n) is 41.6. The summed E-state index contributed by atoms with van der Waals surface area (Å²) in [6.45, 7) is 1.61. The van der Waals surface area contributed by atoms with Crippen molar-refractivity contribution in [3.8, 4) is 5.75 Å². The number of aromatic amines is 1. The quantitative estimate of drug-likeness (QED) is 0.0166. The van der Waals surface area contributed by atoms with Crippen LogP contribution in [0.5, 0.6) is 5.75 Å². The van der Waals surface area contributed by atoms with Gasteiger partial charge in [-0.1, -0.05) is 12.1 Å². The molecule has 716 valence electrons. The van der Waals surface area contributed by atoms with Crippen molar-refractivity contribution in [3.63, 3.8) is 0 Å². The molecule has 1 saturated heterocycles. The number of primary amides is 3. The number of carbonyl (C=O) groups excluding carboxylic acids is 17. The minimum Gasteiger partial charge on any atom is -0.508 e. The molecule has 0 radical (unpaired) electrons. The van der Waals surface area contributed by atoms with Crippen LogP contribution in [0.25, 0.3) is 0 Å². The third kappa shape index (κ3) is 42.6. The molecule has 17 amide bonds. The minimum absolute atomic E-state index is 0.00364. The van der Waals surface area contributed by atoms with Gasteiger partial charge in [0, 0.05) is 58.1 Å². The number of amides is 17. The summed E-state index contributed by atoms with van der Waals surface area (Å²) in [4.78, 5) is 265. The Bertz CT molecular complexity index is 4200. The van der Waals surface area contributed by atoms with Crippen LogP contribution in [-0.4, -0.2) is 291 Å². The SMILES string of the molecule is C[C@H](NC(=O)CNC(=O)[C@H](CCCCN)NC(=O)[C@H](Cc1ccc(O)cc1)NC(=O)[C@H](CCCCN)NC(=O)[C@H](CCCNC(=N)N)NC(=O)[C@H](C)NC(=O)[C@H](CC(N)=O)NC(=O)[C@@H]1CCCN1C(=O)[C@H](Cc1c[nH]cn1)NC(=O)[C@H](CCC(=O)O)NC(=O)[C@@H](N)CCC(N)=O)C(=O)N[C@@H](CC(N)=O)C(=O)N[C@@H](CCCNC(=N)N)C(=O)N[C@@H](CCCNC(=N)N)C(=O)O. The van der Waals surface area contributed by atoms with E-state index in [1.165, 1.54) is 36.8 Å². The molecule has 0 bridgehead atoms. The van der Waals surface area contributed by atoms with Crippen LogP contribution in [0.1, 0.15) is 154 Å². The molecule has 0 unspecified atom stereocenters. The number of benzene rings is 1. The van der Waals surface area contributed by atoms with E-state index in [2.05, 4.69) is 95.0 Å². The van der Waals surface area contributed by atoms with Gasteiger partial charge in [0.1, 0.15) is 84.3 Å². The zero-order valence-corrected chi connectivity index (χ0v) is 71.7. The second kappa shape index (κ2) is 57.5. The van der Waals surface area contributed by atoms with Gasteiger partial charge in [0.25, 0.3) is 0 Å². The largest absolute Gasteiger partial charge is 0.508 e. The maximum atomic E-state index is 14.8. The number of nitrogens with zero attached hydrogens (tertiary/aromatic N) is 2. The van der Waals surface area contributed by atoms with Gasteiger partial charge >= 0.3 is 11.9 Å². The number of hydrogen-bond acceptors (Lipinski definition) is 27. The Morgan fingerprint density at radius 1 is 0.450 bits per heavy atom. The monoisotopic (exact) mass is 1820 g/mol. The Hall–Kier alpha value is -14.1. The number of carbonyl (C=O) groups is 19. The maximum Gasteiger partial charge on any atom is 0.326 e. The molecule has 0 aliphatic carbocycles. The van der Waals surface area contributed by atoms with E-state index in [1.807, 2.05) is 0 Å². The minimum atomic E-state index is -1.84. The highest BCUT2D eigenvalue weighted by Gasteiger charge is 2.42. The lowest BCUT2D eigenvalue weighted by Gasteiger charge is -2.30. The molecule has 14 atom stereocenters. The fourth-order valence-corrected chi connectivity index (χ4v) is 12.9. The third-order valence-corrected chi connectivity index (χ3v) is 19.8. The van der Waals surface area contributed by atoms with E-state index in [9.17, 15) is 106 Å². The summed E-state index contributed by atoms with van der Waals surface area (Å²) in [7, 11) is 0. The highest BCUT2D eigenvalue weighted by molar-refractivity contribution is 6.02. The molecule has 1 aromatic heterocycles. The zero-order chi connectivity index (χ0) is 96.6. The number of nitrogens with two attached hydrogens (primary N) is 9. The lowest BCUT2D eigenvalue weighted by Crippen LogP contribution is -2.60. The van der Waals surface area contributed by atoms with Crippen molar-refractivity contribution in [3.05, 3.63) is 48.0 Å². The Kier molecular flexibility index (Phi) is 48.6. The molecular weight excluding hydrogens is 1700 g/mol. The number of carboxylic acid groups (broad SMARTS) is 2. The lowest BCUT2D eigenvalue weighted by molar-refractivity contribution is -0.143. The average molecular weight is 1830 g/mol. The number of aromatic nitrogens is 2. The number of carboxylic acids is 2. The number of rotatable bonds is 62. The number of unbranched alkanes of at least 4 members (excludes halogenated alkanes) is 2. The number of nitrogens with one attached hydrogen (secondary N) is 20. The summed E-state index contributed by atoms with van der Waals surface area (Å²) in [5.41, 5.74) is 50.5. The number of phenolic OH excluding ortho intramolecular Hbond substituents is 1. The van der Waals surface area contributed by atoms with Crippen LogP contribution in [0.2, 0.25) is 0 Å². The van der Waals surface area contributed by atoms with Crippen LogP contribution in [0.15, 0.2) is 36.8 Å². The first-order valence-corrected chi connectivity index (χ1v) is 41.6. The lowest BCUT2D eigenvalue weighted by atomic mass is 10.0. The predicted octanol–water partition coefficient (Wildman–Crippen LogP) is -11.8. The predicted molar refractivity (Wildman–Crippen MR) is 458 cm³/mol. The molecule has 41 N–H and O–H groups in total. The molecule has 0 saturated carbocycles. The van der Waals surface area contributed by atoms with Gasteiger partial charge in [0.15, 0.2) is 17.9 Å². The number of guanidine groups is 3. The first kappa shape index (κ1) is 109. The van der Waals surface area contributed by atoms with Gasteiger partial charge in [0.05, 0.1) is 37.4 Å². The van der Waals surface area contributed by atoms with Crippen molar-refractivity contribution in [2.24, 2.45) is 51.6 Å². The highest BCUT2D eigenvalue weighted by atomic mass is 16.4. The second-order valence-electron chi connectivity index (χ2n) is 30.4. The Morgan fingerprint density at radius 2 is 0.860 bits per heavy atom. The zero-order valence-electron chi connectivity index (χ0n) is 71.7. The molecule has 1 fully saturated rings. The Balaban J connectivity index is 1.89. The summed E-state index contributed by atoms with van der Waals surface area (Å²) in [5, 5.41) is 91.2. The normalized spacial score (nSPS) is 15.1. The van der Waals surface area contributed by atoms with Crippen LogP contribution in [0, 0.1) is 16.2 Å². The van der Waals surface area contributed by atoms with Crippen molar-refractivity contribution in [2.45, 2.75) is 240 Å². The number of aromatic hydroxyl groups is 1. The van der Waals surface area contributed by atoms with Crippen LogP contribution in [-0.2, 0) is 104 Å². The summed E-state index contributed by atoms with van der Waals surface area (Å²) >= 11 is 0.